The van der Waals surface area contributed by atoms with Crippen LogP contribution in [0, 0.1) is 27.7 Å². The van der Waals surface area contributed by atoms with Crippen molar-refractivity contribution in [3.8, 4) is 16.9 Å². The molecule has 0 saturated carbocycles. The molecule has 0 fully saturated rings. The lowest BCUT2D eigenvalue weighted by Gasteiger charge is -2.14. The van der Waals surface area contributed by atoms with E-state index in [0.29, 0.717) is 0 Å². The van der Waals surface area contributed by atoms with Gasteiger partial charge in [-0.3, -0.25) is 0 Å². The van der Waals surface area contributed by atoms with Crippen molar-refractivity contribution in [1.29, 1.82) is 0 Å². The fourth-order valence-corrected chi connectivity index (χ4v) is 3.50. The van der Waals surface area contributed by atoms with Gasteiger partial charge in [0.1, 0.15) is 5.75 Å². The second-order valence-corrected chi connectivity index (χ2v) is 6.70. The van der Waals surface area contributed by atoms with Crippen LogP contribution in [0.15, 0.2) is 54.7 Å². The Morgan fingerprint density at radius 3 is 2.12 bits per heavy atom. The summed E-state index contributed by atoms with van der Waals surface area (Å²) in [5.74, 6) is 0.980. The Morgan fingerprint density at radius 2 is 1.52 bits per heavy atom. The number of pyridine rings is 1. The van der Waals surface area contributed by atoms with Gasteiger partial charge in [0.05, 0.1) is 7.11 Å². The topological polar surface area (TPSA) is 13.1 Å². The minimum absolute atomic E-state index is 0.897. The van der Waals surface area contributed by atoms with Gasteiger partial charge in [0.15, 0.2) is 18.4 Å². The number of nitrogens with zero attached hydrogens (tertiary/aromatic N) is 1. The molecule has 0 radical (unpaired) electrons. The lowest BCUT2D eigenvalue weighted by Crippen LogP contribution is -2.38. The van der Waals surface area contributed by atoms with E-state index in [1.807, 2.05) is 0 Å². The summed E-state index contributed by atoms with van der Waals surface area (Å²) < 4.78 is 7.82. The van der Waals surface area contributed by atoms with Crippen molar-refractivity contribution in [3.63, 3.8) is 0 Å². The zero-order valence-corrected chi connectivity index (χ0v) is 15.8. The third-order valence-corrected chi connectivity index (χ3v) is 4.97. The van der Waals surface area contributed by atoms with Gasteiger partial charge < -0.3 is 4.74 Å². The fourth-order valence-electron chi connectivity index (χ4n) is 3.50. The number of hydrogen-bond acceptors (Lipinski definition) is 1. The number of aryl methyl sites for hydroxylation is 2. The van der Waals surface area contributed by atoms with E-state index in [4.69, 9.17) is 4.74 Å². The van der Waals surface area contributed by atoms with Crippen molar-refractivity contribution in [3.05, 3.63) is 82.7 Å². The van der Waals surface area contributed by atoms with E-state index in [-0.39, 0.29) is 0 Å². The molecule has 25 heavy (non-hydrogen) atoms. The number of aromatic nitrogens is 1. The molecule has 1 aromatic heterocycles. The van der Waals surface area contributed by atoms with Crippen LogP contribution in [0.2, 0.25) is 0 Å². The highest BCUT2D eigenvalue weighted by molar-refractivity contribution is 5.70. The minimum atomic E-state index is 0.897. The van der Waals surface area contributed by atoms with Crippen LogP contribution in [0.5, 0.6) is 5.75 Å². The molecule has 0 aliphatic heterocycles. The lowest BCUT2D eigenvalue weighted by atomic mass is 9.96. The Bertz CT molecular complexity index is 874. The Kier molecular flexibility index (Phi) is 4.89. The monoisotopic (exact) mass is 332 g/mol. The van der Waals surface area contributed by atoms with E-state index in [1.54, 1.807) is 7.11 Å². The first kappa shape index (κ1) is 17.2. The predicted octanol–water partition coefficient (Wildman–Crippen LogP) is 4.93. The van der Waals surface area contributed by atoms with Gasteiger partial charge in [0.2, 0.25) is 0 Å². The maximum Gasteiger partial charge on any atom is 0.182 e. The van der Waals surface area contributed by atoms with E-state index >= 15 is 0 Å². The Labute approximate surface area is 150 Å². The van der Waals surface area contributed by atoms with Crippen molar-refractivity contribution in [2.45, 2.75) is 34.2 Å². The molecule has 0 bridgehead atoms. The van der Waals surface area contributed by atoms with Crippen LogP contribution in [0.4, 0.5) is 0 Å². The van der Waals surface area contributed by atoms with Crippen LogP contribution in [-0.2, 0) is 6.54 Å². The van der Waals surface area contributed by atoms with Crippen LogP contribution >= 0.6 is 0 Å². The van der Waals surface area contributed by atoms with Crippen LogP contribution in [0.25, 0.3) is 11.1 Å². The number of hydrogen-bond donors (Lipinski definition) is 0. The molecule has 2 aromatic carbocycles. The molecule has 2 nitrogen and oxygen atoms in total. The van der Waals surface area contributed by atoms with Crippen LogP contribution in [-0.4, -0.2) is 7.11 Å². The number of ether oxygens (including phenoxy) is 1. The van der Waals surface area contributed by atoms with Crippen LogP contribution < -0.4 is 9.30 Å². The Hall–Kier alpha value is -2.61. The van der Waals surface area contributed by atoms with E-state index in [2.05, 4.69) is 87.0 Å². The van der Waals surface area contributed by atoms with Crippen molar-refractivity contribution in [2.24, 2.45) is 0 Å². The summed E-state index contributed by atoms with van der Waals surface area (Å²) >= 11 is 0. The lowest BCUT2D eigenvalue weighted by molar-refractivity contribution is -0.694. The zero-order chi connectivity index (χ0) is 18.0. The molecular weight excluding hydrogens is 306 g/mol. The molecule has 0 atom stereocenters. The first-order valence-corrected chi connectivity index (χ1v) is 8.70. The van der Waals surface area contributed by atoms with Gasteiger partial charge in [-0.05, 0) is 55.2 Å². The molecular formula is C23H26NO+. The fraction of sp³-hybridized carbons (Fsp3) is 0.261. The van der Waals surface area contributed by atoms with Crippen molar-refractivity contribution >= 4 is 0 Å². The van der Waals surface area contributed by atoms with Gasteiger partial charge >= 0.3 is 0 Å². The van der Waals surface area contributed by atoms with Gasteiger partial charge in [-0.15, -0.1) is 0 Å². The molecule has 3 rings (SSSR count). The summed E-state index contributed by atoms with van der Waals surface area (Å²) in [6, 6.07) is 17.3. The third-order valence-electron chi connectivity index (χ3n) is 4.97. The molecule has 0 aliphatic carbocycles. The molecule has 3 aromatic rings. The maximum absolute atomic E-state index is 5.50. The second kappa shape index (κ2) is 7.10. The van der Waals surface area contributed by atoms with E-state index in [9.17, 15) is 0 Å². The van der Waals surface area contributed by atoms with Gasteiger partial charge in [-0.1, -0.05) is 30.3 Å². The number of methoxy groups -OCH3 is 1. The number of benzene rings is 2. The van der Waals surface area contributed by atoms with Crippen LogP contribution in [0.1, 0.15) is 27.9 Å². The average molecular weight is 332 g/mol. The smallest absolute Gasteiger partial charge is 0.182 e. The van der Waals surface area contributed by atoms with Gasteiger partial charge in [0.25, 0.3) is 0 Å². The first-order chi connectivity index (χ1) is 12.0. The molecule has 0 spiro atoms. The molecule has 0 aliphatic rings. The Balaban J connectivity index is 2.01. The second-order valence-electron chi connectivity index (χ2n) is 6.70. The van der Waals surface area contributed by atoms with Gasteiger partial charge in [0, 0.05) is 24.1 Å². The maximum atomic E-state index is 5.50. The minimum Gasteiger partial charge on any atom is -0.496 e. The van der Waals surface area contributed by atoms with Crippen molar-refractivity contribution < 1.29 is 9.30 Å². The molecule has 128 valence electrons. The summed E-state index contributed by atoms with van der Waals surface area (Å²) in [5.41, 5.74) is 8.83. The predicted molar refractivity (Wildman–Crippen MR) is 103 cm³/mol. The molecule has 2 heteroatoms. The largest absolute Gasteiger partial charge is 0.496 e. The molecule has 0 unspecified atom stereocenters. The first-order valence-electron chi connectivity index (χ1n) is 8.70. The number of rotatable bonds is 4. The molecule has 1 heterocycles. The average Bonchev–Trinajstić information content (AvgIpc) is 2.60. The highest BCUT2D eigenvalue weighted by Gasteiger charge is 2.16. The van der Waals surface area contributed by atoms with E-state index in [0.717, 1.165) is 12.3 Å². The van der Waals surface area contributed by atoms with Gasteiger partial charge in [-0.2, -0.15) is 4.57 Å². The molecule has 0 N–H and O–H groups in total. The highest BCUT2D eigenvalue weighted by Crippen LogP contribution is 2.31. The zero-order valence-electron chi connectivity index (χ0n) is 15.8. The summed E-state index contributed by atoms with van der Waals surface area (Å²) in [6.07, 6.45) is 2.19. The van der Waals surface area contributed by atoms with Gasteiger partial charge in [-0.25, -0.2) is 0 Å². The molecule has 0 amide bonds. The SMILES string of the molecule is COc1c(C)cc(-c2cc[n+](Cc3ccccc3)c(C)c2C)cc1C. The molecule has 0 saturated heterocycles. The van der Waals surface area contributed by atoms with Crippen molar-refractivity contribution in [1.82, 2.24) is 0 Å². The van der Waals surface area contributed by atoms with Crippen molar-refractivity contribution in [2.75, 3.05) is 7.11 Å². The standard InChI is InChI=1S/C23H26NO/c1-16-13-21(14-17(2)23(16)25-5)22-11-12-24(19(4)18(22)3)15-20-9-7-6-8-10-20/h6-14H,15H2,1-5H3/q+1. The summed E-state index contributed by atoms with van der Waals surface area (Å²) in [6.45, 7) is 9.52. The van der Waals surface area contributed by atoms with E-state index in [1.165, 1.54) is 39.1 Å². The van der Waals surface area contributed by atoms with Crippen LogP contribution in [0.3, 0.4) is 0 Å². The summed E-state index contributed by atoms with van der Waals surface area (Å²) in [7, 11) is 1.74. The highest BCUT2D eigenvalue weighted by atomic mass is 16.5. The summed E-state index contributed by atoms with van der Waals surface area (Å²) in [4.78, 5) is 0. The van der Waals surface area contributed by atoms with E-state index < -0.39 is 0 Å². The quantitative estimate of drug-likeness (QED) is 0.617. The summed E-state index contributed by atoms with van der Waals surface area (Å²) in [5, 5.41) is 0. The Morgan fingerprint density at radius 1 is 0.880 bits per heavy atom. The third kappa shape index (κ3) is 3.43. The normalized spacial score (nSPS) is 10.8.